The number of amides is 1. The Balaban J connectivity index is 1.16. The van der Waals surface area contributed by atoms with Gasteiger partial charge in [-0.3, -0.25) is 4.98 Å². The highest BCUT2D eigenvalue weighted by Crippen LogP contribution is 2.67. The molecular formula is C35H54N2O2. The minimum atomic E-state index is -0.276. The second-order valence-electron chi connectivity index (χ2n) is 14.6. The molecule has 39 heavy (non-hydrogen) atoms. The van der Waals surface area contributed by atoms with Gasteiger partial charge in [0.05, 0.1) is 0 Å². The number of ether oxygens (including phenoxy) is 1. The molecule has 0 aliphatic heterocycles. The molecule has 0 radical (unpaired) electrons. The van der Waals surface area contributed by atoms with Gasteiger partial charge in [-0.2, -0.15) is 0 Å². The molecule has 4 nitrogen and oxygen atoms in total. The van der Waals surface area contributed by atoms with E-state index in [9.17, 15) is 4.79 Å². The van der Waals surface area contributed by atoms with E-state index in [0.29, 0.717) is 17.4 Å². The van der Waals surface area contributed by atoms with Gasteiger partial charge in [0, 0.05) is 31.3 Å². The second-order valence-corrected chi connectivity index (χ2v) is 14.6. The number of carbonyl (C=O) groups excluding carboxylic acids is 1. The first-order valence-corrected chi connectivity index (χ1v) is 16.2. The van der Waals surface area contributed by atoms with E-state index in [1.807, 2.05) is 18.2 Å². The first kappa shape index (κ1) is 28.7. The molecule has 1 heterocycles. The van der Waals surface area contributed by atoms with Crippen molar-refractivity contribution in [2.75, 3.05) is 6.54 Å². The maximum atomic E-state index is 12.5. The lowest BCUT2D eigenvalue weighted by molar-refractivity contribution is -0.0581. The van der Waals surface area contributed by atoms with Crippen molar-refractivity contribution in [2.45, 2.75) is 118 Å². The van der Waals surface area contributed by atoms with Crippen molar-refractivity contribution in [3.8, 4) is 0 Å². The van der Waals surface area contributed by atoms with Crippen molar-refractivity contribution >= 4 is 6.09 Å². The van der Waals surface area contributed by atoms with Gasteiger partial charge in [-0.1, -0.05) is 71.6 Å². The van der Waals surface area contributed by atoms with Gasteiger partial charge < -0.3 is 10.1 Å². The smallest absolute Gasteiger partial charge is 0.407 e. The quantitative estimate of drug-likeness (QED) is 0.322. The van der Waals surface area contributed by atoms with Crippen molar-refractivity contribution in [1.82, 2.24) is 10.3 Å². The summed E-state index contributed by atoms with van der Waals surface area (Å²) in [6.07, 6.45) is 19.1. The Labute approximate surface area is 238 Å². The van der Waals surface area contributed by atoms with Gasteiger partial charge in [0.15, 0.2) is 0 Å². The predicted molar refractivity (Wildman–Crippen MR) is 159 cm³/mol. The summed E-state index contributed by atoms with van der Waals surface area (Å²) in [5.41, 5.74) is 3.40. The number of nitrogens with one attached hydrogen (secondary N) is 1. The standard InChI is InChI=1S/C35H54N2O2/c1-24(2)9-8-10-25(3)30-14-15-31-29-13-12-26-23-28(16-19-34(26,4)32(29)17-20-35(30,31)5)39-33(38)37-22-18-27-11-6-7-21-36-27/h6-7,11-12,21,24-25,28-32H,8-10,13-20,22-23H2,1-5H3,(H,37,38)/t25-,28+,29+,30?,31?,32?,34+,35-/m1/s1. The van der Waals surface area contributed by atoms with Crippen molar-refractivity contribution in [3.63, 3.8) is 0 Å². The van der Waals surface area contributed by atoms with Crippen LogP contribution in [0.5, 0.6) is 0 Å². The van der Waals surface area contributed by atoms with Crippen LogP contribution >= 0.6 is 0 Å². The zero-order valence-electron chi connectivity index (χ0n) is 25.4. The average Bonchev–Trinajstić information content (AvgIpc) is 3.26. The van der Waals surface area contributed by atoms with Gasteiger partial charge in [-0.15, -0.1) is 0 Å². The van der Waals surface area contributed by atoms with Gasteiger partial charge in [0.2, 0.25) is 0 Å². The van der Waals surface area contributed by atoms with Gasteiger partial charge >= 0.3 is 6.09 Å². The number of hydrogen-bond donors (Lipinski definition) is 1. The van der Waals surface area contributed by atoms with E-state index < -0.39 is 0 Å². The summed E-state index contributed by atoms with van der Waals surface area (Å²) in [5.74, 6) is 5.15. The zero-order chi connectivity index (χ0) is 27.6. The van der Waals surface area contributed by atoms with Crippen LogP contribution in [0.15, 0.2) is 36.0 Å². The van der Waals surface area contributed by atoms with Crippen molar-refractivity contribution in [3.05, 3.63) is 41.7 Å². The largest absolute Gasteiger partial charge is 0.446 e. The Bertz CT molecular complexity index is 1010. The number of allylic oxidation sites excluding steroid dienone is 1. The summed E-state index contributed by atoms with van der Waals surface area (Å²) >= 11 is 0. The molecule has 1 aromatic heterocycles. The normalized spacial score (nSPS) is 36.4. The topological polar surface area (TPSA) is 51.2 Å². The number of nitrogens with zero attached hydrogens (tertiary/aromatic N) is 1. The summed E-state index contributed by atoms with van der Waals surface area (Å²) in [7, 11) is 0. The maximum Gasteiger partial charge on any atom is 0.407 e. The highest BCUT2D eigenvalue weighted by Gasteiger charge is 2.59. The Morgan fingerprint density at radius 1 is 1.08 bits per heavy atom. The van der Waals surface area contributed by atoms with E-state index >= 15 is 0 Å². The minimum absolute atomic E-state index is 0.00660. The SMILES string of the molecule is CC(C)CCC[C@@H](C)C1CCC2[C@@H]3CC=C4C[C@@H](OC(=O)NCCc5ccccn5)CC[C@]4(C)C3CC[C@@]21C. The molecule has 5 rings (SSSR count). The molecular weight excluding hydrogens is 480 g/mol. The molecule has 8 atom stereocenters. The summed E-state index contributed by atoms with van der Waals surface area (Å²) in [5, 5.41) is 2.95. The fraction of sp³-hybridized carbons (Fsp3) is 0.771. The molecule has 0 aromatic carbocycles. The summed E-state index contributed by atoms with van der Waals surface area (Å²) < 4.78 is 5.92. The first-order valence-electron chi connectivity index (χ1n) is 16.2. The molecule has 1 amide bonds. The number of carbonyl (C=O) groups is 1. The van der Waals surface area contributed by atoms with Crippen LogP contribution in [0.3, 0.4) is 0 Å². The van der Waals surface area contributed by atoms with Crippen molar-refractivity contribution in [1.29, 1.82) is 0 Å². The lowest BCUT2D eigenvalue weighted by atomic mass is 9.47. The third-order valence-corrected chi connectivity index (χ3v) is 11.9. The molecule has 1 aromatic rings. The van der Waals surface area contributed by atoms with E-state index in [4.69, 9.17) is 4.74 Å². The maximum absolute atomic E-state index is 12.5. The van der Waals surface area contributed by atoms with Crippen LogP contribution in [0.2, 0.25) is 0 Å². The predicted octanol–water partition coefficient (Wildman–Crippen LogP) is 8.76. The van der Waals surface area contributed by atoms with Crippen LogP contribution in [0, 0.1) is 46.3 Å². The monoisotopic (exact) mass is 534 g/mol. The summed E-state index contributed by atoms with van der Waals surface area (Å²) in [6, 6.07) is 5.89. The molecule has 216 valence electrons. The van der Waals surface area contributed by atoms with Gasteiger partial charge in [-0.25, -0.2) is 4.79 Å². The molecule has 0 saturated heterocycles. The Kier molecular flexibility index (Phi) is 8.79. The highest BCUT2D eigenvalue weighted by atomic mass is 16.6. The fourth-order valence-electron chi connectivity index (χ4n) is 9.78. The van der Waals surface area contributed by atoms with E-state index in [-0.39, 0.29) is 12.2 Å². The average molecular weight is 535 g/mol. The van der Waals surface area contributed by atoms with Gasteiger partial charge in [0.25, 0.3) is 0 Å². The molecule has 0 spiro atoms. The van der Waals surface area contributed by atoms with Crippen LogP contribution < -0.4 is 5.32 Å². The Morgan fingerprint density at radius 3 is 2.69 bits per heavy atom. The summed E-state index contributed by atoms with van der Waals surface area (Å²) in [6.45, 7) is 13.1. The fourth-order valence-corrected chi connectivity index (χ4v) is 9.78. The molecule has 4 aliphatic rings. The minimum Gasteiger partial charge on any atom is -0.446 e. The van der Waals surface area contributed by atoms with Crippen LogP contribution in [0.25, 0.3) is 0 Å². The third-order valence-electron chi connectivity index (χ3n) is 11.9. The molecule has 3 saturated carbocycles. The third kappa shape index (κ3) is 5.96. The lowest BCUT2D eigenvalue weighted by Crippen LogP contribution is -2.51. The van der Waals surface area contributed by atoms with E-state index in [1.54, 1.807) is 11.8 Å². The lowest BCUT2D eigenvalue weighted by Gasteiger charge is -2.58. The number of alkyl carbamates (subject to hydrolysis) is 1. The Morgan fingerprint density at radius 2 is 1.92 bits per heavy atom. The van der Waals surface area contributed by atoms with Crippen molar-refractivity contribution in [2.24, 2.45) is 46.3 Å². The van der Waals surface area contributed by atoms with E-state index in [2.05, 4.69) is 51.0 Å². The molecule has 3 fully saturated rings. The number of hydrogen-bond acceptors (Lipinski definition) is 3. The van der Waals surface area contributed by atoms with Crippen molar-refractivity contribution < 1.29 is 9.53 Å². The molecule has 0 bridgehead atoms. The van der Waals surface area contributed by atoms with Gasteiger partial charge in [-0.05, 0) is 103 Å². The van der Waals surface area contributed by atoms with Crippen LogP contribution in [0.4, 0.5) is 4.79 Å². The van der Waals surface area contributed by atoms with E-state index in [0.717, 1.165) is 66.9 Å². The van der Waals surface area contributed by atoms with Crippen LogP contribution in [-0.4, -0.2) is 23.7 Å². The second kappa shape index (κ2) is 12.0. The Hall–Kier alpha value is -1.84. The molecule has 3 unspecified atom stereocenters. The number of pyridine rings is 1. The number of aromatic nitrogens is 1. The molecule has 4 aliphatic carbocycles. The molecule has 1 N–H and O–H groups in total. The first-order chi connectivity index (χ1) is 18.7. The molecule has 4 heteroatoms. The summed E-state index contributed by atoms with van der Waals surface area (Å²) in [4.78, 5) is 16.9. The number of rotatable bonds is 9. The van der Waals surface area contributed by atoms with Crippen LogP contribution in [0.1, 0.15) is 111 Å². The highest BCUT2D eigenvalue weighted by molar-refractivity contribution is 5.67. The van der Waals surface area contributed by atoms with E-state index in [1.165, 1.54) is 51.4 Å². The van der Waals surface area contributed by atoms with Crippen LogP contribution in [-0.2, 0) is 11.2 Å². The van der Waals surface area contributed by atoms with Gasteiger partial charge in [0.1, 0.15) is 6.10 Å². The zero-order valence-corrected chi connectivity index (χ0v) is 25.4. The number of fused-ring (bicyclic) bond motifs is 5.